The summed E-state index contributed by atoms with van der Waals surface area (Å²) in [6.07, 6.45) is 7.01. The van der Waals surface area contributed by atoms with Gasteiger partial charge in [-0.25, -0.2) is 4.98 Å². The Labute approximate surface area is 184 Å². The number of nitrogens with one attached hydrogen (secondary N) is 2. The molecule has 8 heteroatoms. The minimum absolute atomic E-state index is 0. The molecule has 2 N–H and O–H groups in total. The van der Waals surface area contributed by atoms with Crippen molar-refractivity contribution in [2.45, 2.75) is 26.2 Å². The molecule has 2 aromatic heterocycles. The molecule has 3 rings (SSSR count). The van der Waals surface area contributed by atoms with Crippen LogP contribution in [0.1, 0.15) is 25.5 Å². The van der Waals surface area contributed by atoms with E-state index in [0.29, 0.717) is 5.92 Å². The number of aliphatic imine (C=N–C) groups is 1. The molecule has 0 radical (unpaired) electrons. The molecule has 0 spiro atoms. The third-order valence-corrected chi connectivity index (χ3v) is 4.53. The molecule has 28 heavy (non-hydrogen) atoms. The summed E-state index contributed by atoms with van der Waals surface area (Å²) in [4.78, 5) is 9.24. The highest BCUT2D eigenvalue weighted by Gasteiger charge is 2.15. The first-order valence-corrected chi connectivity index (χ1v) is 9.95. The monoisotopic (exact) mass is 501 g/mol. The molecule has 1 aliphatic heterocycles. The highest BCUT2D eigenvalue weighted by molar-refractivity contribution is 14.0. The van der Waals surface area contributed by atoms with Gasteiger partial charge in [0.05, 0.1) is 18.9 Å². The van der Waals surface area contributed by atoms with Crippen molar-refractivity contribution in [3.8, 4) is 0 Å². The molecule has 0 saturated carbocycles. The summed E-state index contributed by atoms with van der Waals surface area (Å²) in [5, 5.41) is 6.67. The molecule has 3 heterocycles. The molecule has 7 nitrogen and oxygen atoms in total. The van der Waals surface area contributed by atoms with Crippen LogP contribution in [-0.4, -0.2) is 61.4 Å². The maximum absolute atomic E-state index is 5.73. The van der Waals surface area contributed by atoms with Gasteiger partial charge in [0.1, 0.15) is 5.65 Å². The van der Waals surface area contributed by atoms with Crippen molar-refractivity contribution >= 4 is 35.6 Å². The number of imidazole rings is 1. The summed E-state index contributed by atoms with van der Waals surface area (Å²) in [5.41, 5.74) is 2.06. The third kappa shape index (κ3) is 7.56. The van der Waals surface area contributed by atoms with Crippen molar-refractivity contribution in [3.63, 3.8) is 0 Å². The first kappa shape index (κ1) is 22.9. The fraction of sp³-hybridized carbons (Fsp3) is 0.600. The van der Waals surface area contributed by atoms with Gasteiger partial charge in [-0.05, 0) is 31.9 Å². The first-order valence-electron chi connectivity index (χ1n) is 9.95. The fourth-order valence-corrected chi connectivity index (χ4v) is 3.08. The van der Waals surface area contributed by atoms with Gasteiger partial charge in [-0.3, -0.25) is 4.99 Å². The topological polar surface area (TPSA) is 72.2 Å². The van der Waals surface area contributed by atoms with Crippen LogP contribution in [0.3, 0.4) is 0 Å². The first-order chi connectivity index (χ1) is 13.3. The van der Waals surface area contributed by atoms with Crippen molar-refractivity contribution in [2.75, 3.05) is 46.1 Å². The largest absolute Gasteiger partial charge is 0.381 e. The van der Waals surface area contributed by atoms with Gasteiger partial charge in [0, 0.05) is 57.6 Å². The summed E-state index contributed by atoms with van der Waals surface area (Å²) in [7, 11) is 0. The van der Waals surface area contributed by atoms with Crippen LogP contribution >= 0.6 is 24.0 Å². The third-order valence-electron chi connectivity index (χ3n) is 4.53. The molecular weight excluding hydrogens is 469 g/mol. The Hall–Kier alpha value is -1.39. The Kier molecular flexibility index (Phi) is 10.6. The van der Waals surface area contributed by atoms with E-state index in [1.54, 1.807) is 0 Å². The molecule has 1 unspecified atom stereocenters. The molecule has 156 valence electrons. The molecule has 2 aromatic rings. The molecule has 1 saturated heterocycles. The second kappa shape index (κ2) is 12.9. The Morgan fingerprint density at radius 3 is 3.11 bits per heavy atom. The van der Waals surface area contributed by atoms with Crippen LogP contribution in [0.25, 0.3) is 5.65 Å². The lowest BCUT2D eigenvalue weighted by Crippen LogP contribution is -2.38. The number of hydrogen-bond donors (Lipinski definition) is 2. The Bertz CT molecular complexity index is 682. The van der Waals surface area contributed by atoms with Crippen LogP contribution in [0.2, 0.25) is 0 Å². The molecule has 1 aliphatic rings. The van der Waals surface area contributed by atoms with Crippen LogP contribution in [0.5, 0.6) is 0 Å². The molecule has 0 aliphatic carbocycles. The van der Waals surface area contributed by atoms with Gasteiger partial charge in [0.15, 0.2) is 5.96 Å². The van der Waals surface area contributed by atoms with E-state index in [1.165, 1.54) is 0 Å². The van der Waals surface area contributed by atoms with Gasteiger partial charge in [-0.15, -0.1) is 24.0 Å². The van der Waals surface area contributed by atoms with Crippen LogP contribution in [0, 0.1) is 5.92 Å². The Balaban J connectivity index is 0.00000280. The van der Waals surface area contributed by atoms with Crippen LogP contribution in [0.4, 0.5) is 0 Å². The zero-order chi connectivity index (χ0) is 18.7. The van der Waals surface area contributed by atoms with Gasteiger partial charge in [0.25, 0.3) is 0 Å². The van der Waals surface area contributed by atoms with Gasteiger partial charge < -0.3 is 24.5 Å². The molecule has 0 amide bonds. The SMILES string of the molecule is CCNC(=NCCCOCC1CCOC1)NCCc1cn2ccccc2n1.I. The van der Waals surface area contributed by atoms with E-state index >= 15 is 0 Å². The van der Waals surface area contributed by atoms with Crippen molar-refractivity contribution in [3.05, 3.63) is 36.3 Å². The second-order valence-electron chi connectivity index (χ2n) is 6.79. The Morgan fingerprint density at radius 1 is 1.39 bits per heavy atom. The number of pyridine rings is 1. The lowest BCUT2D eigenvalue weighted by Gasteiger charge is -2.11. The van der Waals surface area contributed by atoms with Crippen LogP contribution in [0.15, 0.2) is 35.6 Å². The number of hydrogen-bond acceptors (Lipinski definition) is 4. The average molecular weight is 501 g/mol. The normalized spacial score (nSPS) is 16.9. The van der Waals surface area contributed by atoms with Crippen molar-refractivity contribution in [1.29, 1.82) is 0 Å². The van der Waals surface area contributed by atoms with E-state index in [0.717, 1.165) is 82.6 Å². The number of halogens is 1. The summed E-state index contributed by atoms with van der Waals surface area (Å²) in [6, 6.07) is 6.04. The smallest absolute Gasteiger partial charge is 0.191 e. The molecule has 1 atom stereocenters. The molecule has 0 bridgehead atoms. The quantitative estimate of drug-likeness (QED) is 0.227. The van der Waals surface area contributed by atoms with E-state index in [9.17, 15) is 0 Å². The summed E-state index contributed by atoms with van der Waals surface area (Å²) >= 11 is 0. The minimum atomic E-state index is 0. The second-order valence-corrected chi connectivity index (χ2v) is 6.79. The number of nitrogens with zero attached hydrogens (tertiary/aromatic N) is 3. The summed E-state index contributed by atoms with van der Waals surface area (Å²) in [5.74, 6) is 1.43. The fourth-order valence-electron chi connectivity index (χ4n) is 3.08. The van der Waals surface area contributed by atoms with Crippen LogP contribution < -0.4 is 10.6 Å². The van der Waals surface area contributed by atoms with E-state index in [1.807, 2.05) is 28.8 Å². The predicted octanol–water partition coefficient (Wildman–Crippen LogP) is 2.49. The van der Waals surface area contributed by atoms with Gasteiger partial charge in [0.2, 0.25) is 0 Å². The van der Waals surface area contributed by atoms with E-state index in [4.69, 9.17) is 9.47 Å². The van der Waals surface area contributed by atoms with E-state index in [2.05, 4.69) is 33.7 Å². The number of aromatic nitrogens is 2. The van der Waals surface area contributed by atoms with Crippen molar-refractivity contribution in [2.24, 2.45) is 10.9 Å². The highest BCUT2D eigenvalue weighted by atomic mass is 127. The van der Waals surface area contributed by atoms with Crippen LogP contribution in [-0.2, 0) is 15.9 Å². The Morgan fingerprint density at radius 2 is 2.32 bits per heavy atom. The number of ether oxygens (including phenoxy) is 2. The standard InChI is InChI=1S/C20H31N5O2.HI/c1-2-21-20(22-9-5-12-26-15-17-8-13-27-16-17)23-10-7-18-14-25-11-4-3-6-19(25)24-18;/h3-4,6,11,14,17H,2,5,7-10,12-13,15-16H2,1H3,(H2,21,22,23);1H. The summed E-state index contributed by atoms with van der Waals surface area (Å²) in [6.45, 7) is 7.76. The summed E-state index contributed by atoms with van der Waals surface area (Å²) < 4.78 is 13.1. The highest BCUT2D eigenvalue weighted by Crippen LogP contribution is 2.12. The lowest BCUT2D eigenvalue weighted by molar-refractivity contribution is 0.0893. The van der Waals surface area contributed by atoms with E-state index in [-0.39, 0.29) is 24.0 Å². The van der Waals surface area contributed by atoms with Gasteiger partial charge in [-0.1, -0.05) is 6.07 Å². The van der Waals surface area contributed by atoms with Gasteiger partial charge >= 0.3 is 0 Å². The lowest BCUT2D eigenvalue weighted by atomic mass is 10.1. The minimum Gasteiger partial charge on any atom is -0.381 e. The molecular formula is C20H32IN5O2. The number of guanidine groups is 1. The van der Waals surface area contributed by atoms with Crippen molar-refractivity contribution in [1.82, 2.24) is 20.0 Å². The zero-order valence-corrected chi connectivity index (χ0v) is 18.9. The maximum Gasteiger partial charge on any atom is 0.191 e. The molecule has 0 aromatic carbocycles. The predicted molar refractivity (Wildman–Crippen MR) is 123 cm³/mol. The van der Waals surface area contributed by atoms with Gasteiger partial charge in [-0.2, -0.15) is 0 Å². The van der Waals surface area contributed by atoms with E-state index < -0.39 is 0 Å². The molecule has 1 fully saturated rings. The zero-order valence-electron chi connectivity index (χ0n) is 16.6. The number of rotatable bonds is 10. The van der Waals surface area contributed by atoms with Crippen molar-refractivity contribution < 1.29 is 9.47 Å². The average Bonchev–Trinajstić information content (AvgIpc) is 3.33. The maximum atomic E-state index is 5.73. The number of fused-ring (bicyclic) bond motifs is 1.